The molecule has 0 bridgehead atoms. The highest BCUT2D eigenvalue weighted by molar-refractivity contribution is 6.00. The lowest BCUT2D eigenvalue weighted by atomic mass is 10.1. The molecule has 8 nitrogen and oxygen atoms in total. The van der Waals surface area contributed by atoms with Crippen LogP contribution < -0.4 is 19.7 Å². The Morgan fingerprint density at radius 2 is 2.04 bits per heavy atom. The molecule has 1 heterocycles. The Hall–Kier alpha value is -2.77. The maximum atomic E-state index is 12.3. The number of esters is 1. The summed E-state index contributed by atoms with van der Waals surface area (Å²) in [7, 11) is 3.04. The van der Waals surface area contributed by atoms with E-state index in [1.807, 2.05) is 6.92 Å². The Kier molecular flexibility index (Phi) is 6.82. The first-order chi connectivity index (χ1) is 12.5. The first kappa shape index (κ1) is 19.6. The van der Waals surface area contributed by atoms with Crippen molar-refractivity contribution in [2.24, 2.45) is 5.92 Å². The monoisotopic (exact) mass is 364 g/mol. The Morgan fingerprint density at radius 3 is 2.69 bits per heavy atom. The van der Waals surface area contributed by atoms with Gasteiger partial charge in [0, 0.05) is 25.6 Å². The number of carbonyl (C=O) groups excluding carboxylic acids is 3. The summed E-state index contributed by atoms with van der Waals surface area (Å²) >= 11 is 0. The molecule has 142 valence electrons. The van der Waals surface area contributed by atoms with Crippen molar-refractivity contribution in [1.29, 1.82) is 0 Å². The minimum atomic E-state index is -0.617. The molecule has 2 amide bonds. The van der Waals surface area contributed by atoms with E-state index < -0.39 is 11.9 Å². The number of ether oxygens (including phenoxy) is 3. The molecule has 0 aliphatic carbocycles. The van der Waals surface area contributed by atoms with Gasteiger partial charge in [0.1, 0.15) is 11.5 Å². The molecule has 1 aromatic carbocycles. The van der Waals surface area contributed by atoms with Crippen LogP contribution in [0.15, 0.2) is 18.2 Å². The fourth-order valence-electron chi connectivity index (χ4n) is 2.68. The molecule has 0 unspecified atom stereocenters. The van der Waals surface area contributed by atoms with E-state index in [1.54, 1.807) is 18.2 Å². The van der Waals surface area contributed by atoms with E-state index in [-0.39, 0.29) is 31.4 Å². The molecular weight excluding hydrogens is 340 g/mol. The predicted molar refractivity (Wildman–Crippen MR) is 94.3 cm³/mol. The molecule has 1 N–H and O–H groups in total. The van der Waals surface area contributed by atoms with Crippen LogP contribution in [0.5, 0.6) is 11.5 Å². The minimum Gasteiger partial charge on any atom is -0.497 e. The third kappa shape index (κ3) is 4.65. The van der Waals surface area contributed by atoms with Crippen molar-refractivity contribution < 1.29 is 28.6 Å². The van der Waals surface area contributed by atoms with Crippen LogP contribution in [-0.2, 0) is 19.1 Å². The van der Waals surface area contributed by atoms with Crippen molar-refractivity contribution in [3.8, 4) is 11.5 Å². The molecule has 0 radical (unpaired) electrons. The molecule has 1 aromatic rings. The van der Waals surface area contributed by atoms with Gasteiger partial charge >= 0.3 is 5.97 Å². The molecule has 1 aliphatic heterocycles. The first-order valence-corrected chi connectivity index (χ1v) is 8.45. The van der Waals surface area contributed by atoms with Gasteiger partial charge in [0.05, 0.1) is 25.8 Å². The zero-order valence-corrected chi connectivity index (χ0v) is 15.2. The minimum absolute atomic E-state index is 0.0323. The van der Waals surface area contributed by atoms with Crippen molar-refractivity contribution >= 4 is 23.5 Å². The van der Waals surface area contributed by atoms with Crippen molar-refractivity contribution in [3.63, 3.8) is 0 Å². The average molecular weight is 364 g/mol. The van der Waals surface area contributed by atoms with Crippen LogP contribution in [0, 0.1) is 5.92 Å². The van der Waals surface area contributed by atoms with Crippen LogP contribution in [0.25, 0.3) is 0 Å². The van der Waals surface area contributed by atoms with Crippen LogP contribution in [0.3, 0.4) is 0 Å². The second-order valence-electron chi connectivity index (χ2n) is 5.90. The summed E-state index contributed by atoms with van der Waals surface area (Å²) in [6.45, 7) is 2.30. The molecule has 0 aromatic heterocycles. The molecule has 0 spiro atoms. The Bertz CT molecular complexity index is 676. The summed E-state index contributed by atoms with van der Waals surface area (Å²) in [5.74, 6) is -0.644. The SMILES string of the molecule is CCCNC(=O)COC(=O)[C@H]1CC(=O)N(c2ccc(OC)cc2OC)C1. The maximum Gasteiger partial charge on any atom is 0.311 e. The highest BCUT2D eigenvalue weighted by atomic mass is 16.5. The summed E-state index contributed by atoms with van der Waals surface area (Å²) in [6, 6.07) is 5.10. The van der Waals surface area contributed by atoms with Crippen molar-refractivity contribution in [2.75, 3.05) is 38.8 Å². The third-order valence-electron chi connectivity index (χ3n) is 4.05. The lowest BCUT2D eigenvalue weighted by Crippen LogP contribution is -2.31. The van der Waals surface area contributed by atoms with Crippen LogP contribution in [0.4, 0.5) is 5.69 Å². The molecule has 1 saturated heterocycles. The average Bonchev–Trinajstić information content (AvgIpc) is 3.05. The number of nitrogens with one attached hydrogen (secondary N) is 1. The van der Waals surface area contributed by atoms with E-state index in [0.29, 0.717) is 23.7 Å². The summed E-state index contributed by atoms with van der Waals surface area (Å²) < 4.78 is 15.5. The second-order valence-corrected chi connectivity index (χ2v) is 5.90. The van der Waals surface area contributed by atoms with Gasteiger partial charge in [-0.1, -0.05) is 6.92 Å². The Labute approximate surface area is 152 Å². The van der Waals surface area contributed by atoms with Gasteiger partial charge in [-0.2, -0.15) is 0 Å². The number of benzene rings is 1. The largest absolute Gasteiger partial charge is 0.497 e. The summed E-state index contributed by atoms with van der Waals surface area (Å²) in [6.07, 6.45) is 0.833. The van der Waals surface area contributed by atoms with Crippen molar-refractivity contribution in [3.05, 3.63) is 18.2 Å². The number of hydrogen-bond donors (Lipinski definition) is 1. The smallest absolute Gasteiger partial charge is 0.311 e. The number of rotatable bonds is 8. The number of amides is 2. The van der Waals surface area contributed by atoms with Crippen molar-refractivity contribution in [2.45, 2.75) is 19.8 Å². The van der Waals surface area contributed by atoms with Gasteiger partial charge in [0.15, 0.2) is 6.61 Å². The zero-order chi connectivity index (χ0) is 19.1. The summed E-state index contributed by atoms with van der Waals surface area (Å²) in [5, 5.41) is 2.63. The van der Waals surface area contributed by atoms with Gasteiger partial charge < -0.3 is 24.4 Å². The third-order valence-corrected chi connectivity index (χ3v) is 4.05. The molecular formula is C18H24N2O6. The van der Waals surface area contributed by atoms with E-state index in [1.165, 1.54) is 19.1 Å². The second kappa shape index (κ2) is 9.07. The molecule has 0 saturated carbocycles. The number of anilines is 1. The lowest BCUT2D eigenvalue weighted by molar-refractivity contribution is -0.152. The number of nitrogens with zero attached hydrogens (tertiary/aromatic N) is 1. The van der Waals surface area contributed by atoms with Gasteiger partial charge in [-0.3, -0.25) is 14.4 Å². The normalized spacial score (nSPS) is 16.3. The molecule has 26 heavy (non-hydrogen) atoms. The van der Waals surface area contributed by atoms with Crippen molar-refractivity contribution in [1.82, 2.24) is 5.32 Å². The maximum absolute atomic E-state index is 12.3. The quantitative estimate of drug-likeness (QED) is 0.695. The highest BCUT2D eigenvalue weighted by Crippen LogP contribution is 2.35. The lowest BCUT2D eigenvalue weighted by Gasteiger charge is -2.20. The summed E-state index contributed by atoms with van der Waals surface area (Å²) in [5.41, 5.74) is 0.564. The van der Waals surface area contributed by atoms with E-state index in [9.17, 15) is 14.4 Å². The van der Waals surface area contributed by atoms with Gasteiger partial charge in [-0.05, 0) is 18.6 Å². The van der Waals surface area contributed by atoms with E-state index in [4.69, 9.17) is 14.2 Å². The topological polar surface area (TPSA) is 94.2 Å². The van der Waals surface area contributed by atoms with E-state index in [0.717, 1.165) is 6.42 Å². The molecule has 2 rings (SSSR count). The standard InChI is InChI=1S/C18H24N2O6/c1-4-7-19-16(21)11-26-18(23)12-8-17(22)20(10-12)14-6-5-13(24-2)9-15(14)25-3/h5-6,9,12H,4,7-8,10-11H2,1-3H3,(H,19,21)/t12-/m0/s1. The van der Waals surface area contributed by atoms with Gasteiger partial charge in [0.2, 0.25) is 5.91 Å². The zero-order valence-electron chi connectivity index (χ0n) is 15.2. The van der Waals surface area contributed by atoms with Gasteiger partial charge in [-0.25, -0.2) is 0 Å². The first-order valence-electron chi connectivity index (χ1n) is 8.45. The van der Waals surface area contributed by atoms with E-state index >= 15 is 0 Å². The number of methoxy groups -OCH3 is 2. The molecule has 1 atom stereocenters. The van der Waals surface area contributed by atoms with E-state index in [2.05, 4.69) is 5.32 Å². The fraction of sp³-hybridized carbons (Fsp3) is 0.500. The molecule has 1 fully saturated rings. The molecule has 1 aliphatic rings. The number of carbonyl (C=O) groups is 3. The number of hydrogen-bond acceptors (Lipinski definition) is 6. The van der Waals surface area contributed by atoms with Gasteiger partial charge in [-0.15, -0.1) is 0 Å². The van der Waals surface area contributed by atoms with Crippen LogP contribution >= 0.6 is 0 Å². The molecule has 8 heteroatoms. The Balaban J connectivity index is 2.00. The van der Waals surface area contributed by atoms with Crippen LogP contribution in [0.2, 0.25) is 0 Å². The highest BCUT2D eigenvalue weighted by Gasteiger charge is 2.37. The fourth-order valence-corrected chi connectivity index (χ4v) is 2.68. The van der Waals surface area contributed by atoms with Crippen LogP contribution in [0.1, 0.15) is 19.8 Å². The Morgan fingerprint density at radius 1 is 1.27 bits per heavy atom. The van der Waals surface area contributed by atoms with Crippen LogP contribution in [-0.4, -0.2) is 51.7 Å². The predicted octanol–water partition coefficient (Wildman–Crippen LogP) is 1.13. The summed E-state index contributed by atoms with van der Waals surface area (Å²) in [4.78, 5) is 37.5. The van der Waals surface area contributed by atoms with Gasteiger partial charge in [0.25, 0.3) is 5.91 Å².